The van der Waals surface area contributed by atoms with Gasteiger partial charge in [0.15, 0.2) is 0 Å². The minimum Gasteiger partial charge on any atom is -0.495 e. The van der Waals surface area contributed by atoms with E-state index >= 15 is 0 Å². The largest absolute Gasteiger partial charge is 0.495 e. The summed E-state index contributed by atoms with van der Waals surface area (Å²) >= 11 is 0. The monoisotopic (exact) mass is 427 g/mol. The molecule has 0 spiro atoms. The second kappa shape index (κ2) is 8.63. The van der Waals surface area contributed by atoms with Crippen LogP contribution in [-0.2, 0) is 11.2 Å². The van der Waals surface area contributed by atoms with Gasteiger partial charge in [0.1, 0.15) is 11.3 Å². The van der Waals surface area contributed by atoms with Crippen molar-refractivity contribution >= 4 is 40.2 Å². The van der Waals surface area contributed by atoms with Crippen LogP contribution in [0.2, 0.25) is 0 Å². The highest BCUT2D eigenvalue weighted by Crippen LogP contribution is 2.39. The van der Waals surface area contributed by atoms with Gasteiger partial charge in [-0.1, -0.05) is 30.3 Å². The Morgan fingerprint density at radius 1 is 1.09 bits per heavy atom. The van der Waals surface area contributed by atoms with Crippen LogP contribution in [0.25, 0.3) is 22.7 Å². The maximum absolute atomic E-state index is 12.7. The van der Waals surface area contributed by atoms with Gasteiger partial charge in [0, 0.05) is 18.3 Å². The van der Waals surface area contributed by atoms with E-state index in [-0.39, 0.29) is 5.91 Å². The van der Waals surface area contributed by atoms with Crippen molar-refractivity contribution in [2.75, 3.05) is 24.3 Å². The molecule has 0 bridgehead atoms. The Bertz CT molecular complexity index is 1290. The summed E-state index contributed by atoms with van der Waals surface area (Å²) < 4.78 is 5.36. The number of nitrogens with one attached hydrogen (secondary N) is 4. The molecule has 0 fully saturated rings. The van der Waals surface area contributed by atoms with Crippen molar-refractivity contribution in [3.8, 4) is 5.75 Å². The van der Waals surface area contributed by atoms with Gasteiger partial charge in [0.05, 0.1) is 29.6 Å². The first-order chi connectivity index (χ1) is 15.7. The lowest BCUT2D eigenvalue weighted by Gasteiger charge is -2.03. The molecule has 1 aliphatic rings. The van der Waals surface area contributed by atoms with Crippen molar-refractivity contribution in [1.29, 1.82) is 0 Å². The van der Waals surface area contributed by atoms with Gasteiger partial charge in [-0.25, -0.2) is 4.98 Å². The third-order valence-electron chi connectivity index (χ3n) is 5.69. The molecule has 1 amide bonds. The van der Waals surface area contributed by atoms with Crippen LogP contribution in [0, 0.1) is 0 Å². The minimum absolute atomic E-state index is 0.150. The third kappa shape index (κ3) is 3.85. The van der Waals surface area contributed by atoms with Crippen molar-refractivity contribution in [2.45, 2.75) is 19.3 Å². The van der Waals surface area contributed by atoms with Crippen molar-refractivity contribution in [2.24, 2.45) is 0 Å². The smallest absolute Gasteiger partial charge is 0.256 e. The first-order valence-electron chi connectivity index (χ1n) is 10.8. The quantitative estimate of drug-likeness (QED) is 0.239. The summed E-state index contributed by atoms with van der Waals surface area (Å²) in [5.74, 6) is 1.25. The van der Waals surface area contributed by atoms with Gasteiger partial charge in [-0.05, 0) is 49.1 Å². The number of rotatable bonds is 8. The van der Waals surface area contributed by atoms with E-state index in [1.165, 1.54) is 5.56 Å². The molecule has 0 unspecified atom stereocenters. The zero-order chi connectivity index (χ0) is 21.9. The molecule has 2 aromatic heterocycles. The molecule has 7 heteroatoms. The minimum atomic E-state index is -0.150. The van der Waals surface area contributed by atoms with Gasteiger partial charge in [0.25, 0.3) is 5.91 Å². The van der Waals surface area contributed by atoms with Crippen LogP contribution in [0.1, 0.15) is 29.7 Å². The number of carbonyl (C=O) groups is 1. The number of methoxy groups -OCH3 is 1. The van der Waals surface area contributed by atoms with Crippen LogP contribution in [0.3, 0.4) is 0 Å². The average Bonchev–Trinajstić information content (AvgIpc) is 3.51. The van der Waals surface area contributed by atoms with Crippen LogP contribution in [-0.4, -0.2) is 34.5 Å². The van der Waals surface area contributed by atoms with E-state index in [1.807, 2.05) is 30.3 Å². The van der Waals surface area contributed by atoms with Crippen LogP contribution in [0.5, 0.6) is 5.75 Å². The number of ether oxygens (including phenoxy) is 1. The van der Waals surface area contributed by atoms with E-state index in [0.29, 0.717) is 17.3 Å². The van der Waals surface area contributed by atoms with E-state index in [0.717, 1.165) is 53.8 Å². The van der Waals surface area contributed by atoms with E-state index in [9.17, 15) is 4.79 Å². The summed E-state index contributed by atoms with van der Waals surface area (Å²) in [6, 6.07) is 16.2. The third-order valence-corrected chi connectivity index (χ3v) is 5.69. The lowest BCUT2D eigenvalue weighted by molar-refractivity contribution is -0.110. The highest BCUT2D eigenvalue weighted by molar-refractivity contribution is 6.37. The SMILES string of the molecule is COc1cc[nH]c1C=C1C(=O)Nc2ccc3[nH]c(NCCCCc4ccccc4)nc3c21. The Kier molecular flexibility index (Phi) is 5.37. The molecule has 7 nitrogen and oxygen atoms in total. The van der Waals surface area contributed by atoms with Crippen LogP contribution in [0.15, 0.2) is 54.7 Å². The van der Waals surface area contributed by atoms with Gasteiger partial charge in [-0.3, -0.25) is 4.79 Å². The maximum atomic E-state index is 12.7. The molecule has 5 rings (SSSR count). The topological polar surface area (TPSA) is 94.8 Å². The molecular formula is C25H25N5O2. The Morgan fingerprint density at radius 3 is 2.81 bits per heavy atom. The molecule has 3 heterocycles. The highest BCUT2D eigenvalue weighted by atomic mass is 16.5. The number of imidazole rings is 1. The molecule has 1 aliphatic heterocycles. The van der Waals surface area contributed by atoms with E-state index in [4.69, 9.17) is 9.72 Å². The molecule has 4 N–H and O–H groups in total. The normalized spacial score (nSPS) is 14.0. The average molecular weight is 428 g/mol. The summed E-state index contributed by atoms with van der Waals surface area (Å²) in [6.07, 6.45) is 6.82. The second-order valence-corrected chi connectivity index (χ2v) is 7.81. The van der Waals surface area contributed by atoms with Gasteiger partial charge in [-0.2, -0.15) is 0 Å². The maximum Gasteiger partial charge on any atom is 0.256 e. The lowest BCUT2D eigenvalue weighted by atomic mass is 10.0. The summed E-state index contributed by atoms with van der Waals surface area (Å²) in [5, 5.41) is 6.32. The van der Waals surface area contributed by atoms with Crippen LogP contribution in [0.4, 0.5) is 11.6 Å². The molecule has 4 aromatic rings. The summed E-state index contributed by atoms with van der Waals surface area (Å²) in [6.45, 7) is 0.828. The van der Waals surface area contributed by atoms with Crippen LogP contribution < -0.4 is 15.4 Å². The highest BCUT2D eigenvalue weighted by Gasteiger charge is 2.28. The number of aryl methyl sites for hydroxylation is 1. The number of anilines is 2. The zero-order valence-electron chi connectivity index (χ0n) is 17.9. The summed E-state index contributed by atoms with van der Waals surface area (Å²) in [4.78, 5) is 23.9. The zero-order valence-corrected chi connectivity index (χ0v) is 17.9. The molecule has 0 atom stereocenters. The number of carbonyl (C=O) groups excluding carboxylic acids is 1. The standard InChI is InChI=1S/C25H25N5O2/c1-32-21-12-14-26-20(21)15-17-22-18(28-24(17)31)10-11-19-23(22)30-25(29-19)27-13-6-5-9-16-7-3-2-4-8-16/h2-4,7-8,10-12,14-15,26H,5-6,9,13H2,1H3,(H,28,31)(H2,27,29,30). The van der Waals surface area contributed by atoms with Gasteiger partial charge < -0.3 is 25.3 Å². The van der Waals surface area contributed by atoms with Crippen molar-refractivity contribution in [3.05, 3.63) is 71.5 Å². The number of hydrogen-bond acceptors (Lipinski definition) is 4. The van der Waals surface area contributed by atoms with Crippen LogP contribution >= 0.6 is 0 Å². The number of H-pyrrole nitrogens is 2. The van der Waals surface area contributed by atoms with Crippen molar-refractivity contribution < 1.29 is 9.53 Å². The Labute approximate surface area is 185 Å². The molecule has 0 saturated carbocycles. The molecule has 32 heavy (non-hydrogen) atoms. The number of hydrogen-bond donors (Lipinski definition) is 4. The first-order valence-corrected chi connectivity index (χ1v) is 10.8. The number of aromatic amines is 2. The molecule has 0 saturated heterocycles. The predicted octanol–water partition coefficient (Wildman–Crippen LogP) is 4.83. The fourth-order valence-electron chi connectivity index (χ4n) is 4.09. The predicted molar refractivity (Wildman–Crippen MR) is 128 cm³/mol. The molecular weight excluding hydrogens is 402 g/mol. The molecule has 0 radical (unpaired) electrons. The number of amides is 1. The lowest BCUT2D eigenvalue weighted by Crippen LogP contribution is -2.04. The molecule has 2 aromatic carbocycles. The number of unbranched alkanes of at least 4 members (excludes halogenated alkanes) is 1. The number of benzene rings is 2. The fraction of sp³-hybridized carbons (Fsp3) is 0.200. The Hall–Kier alpha value is -4.00. The first kappa shape index (κ1) is 19.9. The number of fused-ring (bicyclic) bond motifs is 3. The van der Waals surface area contributed by atoms with Gasteiger partial charge >= 0.3 is 0 Å². The molecule has 0 aliphatic carbocycles. The van der Waals surface area contributed by atoms with Gasteiger partial charge in [-0.15, -0.1) is 0 Å². The summed E-state index contributed by atoms with van der Waals surface area (Å²) in [5.41, 5.74) is 5.89. The number of aromatic nitrogens is 3. The van der Waals surface area contributed by atoms with E-state index in [1.54, 1.807) is 13.3 Å². The molecule has 162 valence electrons. The second-order valence-electron chi connectivity index (χ2n) is 7.81. The number of nitrogens with zero attached hydrogens (tertiary/aromatic N) is 1. The van der Waals surface area contributed by atoms with E-state index < -0.39 is 0 Å². The Morgan fingerprint density at radius 2 is 1.97 bits per heavy atom. The van der Waals surface area contributed by atoms with Crippen molar-refractivity contribution in [1.82, 2.24) is 15.0 Å². The van der Waals surface area contributed by atoms with E-state index in [2.05, 4.69) is 44.9 Å². The Balaban J connectivity index is 1.33. The van der Waals surface area contributed by atoms with Gasteiger partial charge in [0.2, 0.25) is 5.95 Å². The van der Waals surface area contributed by atoms with Crippen molar-refractivity contribution in [3.63, 3.8) is 0 Å². The fourth-order valence-corrected chi connectivity index (χ4v) is 4.09. The summed E-state index contributed by atoms with van der Waals surface area (Å²) in [7, 11) is 1.61.